The fourth-order valence-electron chi connectivity index (χ4n) is 1.71. The van der Waals surface area contributed by atoms with Gasteiger partial charge in [-0.05, 0) is 24.3 Å². The summed E-state index contributed by atoms with van der Waals surface area (Å²) in [5.74, 6) is 0.637. The molecular weight excluding hydrogens is 206 g/mol. The first-order valence-corrected chi connectivity index (χ1v) is 4.86. The molecule has 0 saturated heterocycles. The summed E-state index contributed by atoms with van der Waals surface area (Å²) in [4.78, 5) is 26.7. The molecule has 0 bridgehead atoms. The zero-order valence-electron chi connectivity index (χ0n) is 8.21. The van der Waals surface area contributed by atoms with E-state index in [4.69, 9.17) is 4.74 Å². The number of hydrogen-bond donors (Lipinski definition) is 0. The molecule has 2 aliphatic carbocycles. The van der Waals surface area contributed by atoms with E-state index in [1.54, 1.807) is 12.2 Å². The lowest BCUT2D eigenvalue weighted by Crippen LogP contribution is -2.25. The van der Waals surface area contributed by atoms with Crippen LogP contribution in [0.5, 0.6) is 0 Å². The molecule has 78 valence electrons. The summed E-state index contributed by atoms with van der Waals surface area (Å²) in [7, 11) is 0. The van der Waals surface area contributed by atoms with Crippen LogP contribution in [0.25, 0.3) is 0 Å². The van der Waals surface area contributed by atoms with Gasteiger partial charge in [-0.3, -0.25) is 14.6 Å². The molecule has 0 aromatic rings. The lowest BCUT2D eigenvalue weighted by atomic mass is 10.0. The van der Waals surface area contributed by atoms with Crippen molar-refractivity contribution in [2.24, 2.45) is 4.99 Å². The van der Waals surface area contributed by atoms with Crippen molar-refractivity contribution in [3.8, 4) is 0 Å². The first kappa shape index (κ1) is 9.03. The highest BCUT2D eigenvalue weighted by Gasteiger charge is 2.27. The van der Waals surface area contributed by atoms with Gasteiger partial charge < -0.3 is 4.74 Å². The topological polar surface area (TPSA) is 55.7 Å². The summed E-state index contributed by atoms with van der Waals surface area (Å²) in [6.07, 6.45) is 8.99. The Hall–Kier alpha value is -2.23. The summed E-state index contributed by atoms with van der Waals surface area (Å²) < 4.78 is 5.48. The van der Waals surface area contributed by atoms with Crippen LogP contribution in [-0.2, 0) is 14.3 Å². The minimum Gasteiger partial charge on any atom is -0.457 e. The molecule has 0 saturated carbocycles. The quantitative estimate of drug-likeness (QED) is 0.561. The van der Waals surface area contributed by atoms with Crippen molar-refractivity contribution < 1.29 is 14.3 Å². The second-order valence-electron chi connectivity index (χ2n) is 3.61. The maximum absolute atomic E-state index is 11.2. The van der Waals surface area contributed by atoms with Crippen molar-refractivity contribution in [2.45, 2.75) is 6.04 Å². The molecule has 3 rings (SSSR count). The van der Waals surface area contributed by atoms with E-state index in [9.17, 15) is 9.59 Å². The number of hydrogen-bond acceptors (Lipinski definition) is 4. The fourth-order valence-corrected chi connectivity index (χ4v) is 1.71. The highest BCUT2D eigenvalue weighted by Crippen LogP contribution is 2.26. The molecule has 1 heterocycles. The number of fused-ring (bicyclic) bond motifs is 2. The van der Waals surface area contributed by atoms with Gasteiger partial charge in [0, 0.05) is 12.2 Å². The Morgan fingerprint density at radius 3 is 2.75 bits per heavy atom. The molecule has 0 aromatic carbocycles. The van der Waals surface area contributed by atoms with E-state index in [1.807, 2.05) is 0 Å². The average Bonchev–Trinajstić information content (AvgIpc) is 2.26. The van der Waals surface area contributed by atoms with E-state index >= 15 is 0 Å². The van der Waals surface area contributed by atoms with Crippen molar-refractivity contribution in [2.75, 3.05) is 0 Å². The third-order valence-corrected chi connectivity index (χ3v) is 2.46. The maximum Gasteiger partial charge on any atom is 0.182 e. The summed E-state index contributed by atoms with van der Waals surface area (Å²) in [6, 6.07) is -0.247. The van der Waals surface area contributed by atoms with Gasteiger partial charge >= 0.3 is 0 Å². The number of allylic oxidation sites excluding steroid dienone is 5. The highest BCUT2D eigenvalue weighted by atomic mass is 16.5. The van der Waals surface area contributed by atoms with E-state index in [2.05, 4.69) is 4.99 Å². The van der Waals surface area contributed by atoms with Crippen LogP contribution < -0.4 is 0 Å². The molecule has 1 unspecified atom stereocenters. The van der Waals surface area contributed by atoms with E-state index in [0.717, 1.165) is 0 Å². The van der Waals surface area contributed by atoms with Gasteiger partial charge in [-0.25, -0.2) is 0 Å². The lowest BCUT2D eigenvalue weighted by Gasteiger charge is -2.25. The Bertz CT molecular complexity index is 547. The van der Waals surface area contributed by atoms with Gasteiger partial charge in [0.25, 0.3) is 0 Å². The van der Waals surface area contributed by atoms with Crippen LogP contribution in [0.1, 0.15) is 0 Å². The van der Waals surface area contributed by atoms with Crippen molar-refractivity contribution in [3.63, 3.8) is 0 Å². The first-order chi connectivity index (χ1) is 7.72. The Kier molecular flexibility index (Phi) is 1.77. The molecule has 0 amide bonds. The molecule has 3 aliphatic rings. The molecule has 4 nitrogen and oxygen atoms in total. The molecule has 1 aliphatic heterocycles. The summed E-state index contributed by atoms with van der Waals surface area (Å²) in [6.45, 7) is 0. The van der Waals surface area contributed by atoms with E-state index in [-0.39, 0.29) is 17.6 Å². The van der Waals surface area contributed by atoms with Crippen LogP contribution in [-0.4, -0.2) is 23.3 Å². The number of ether oxygens (including phenoxy) is 1. The van der Waals surface area contributed by atoms with Gasteiger partial charge in [-0.15, -0.1) is 0 Å². The molecule has 16 heavy (non-hydrogen) atoms. The monoisotopic (exact) mass is 213 g/mol. The average molecular weight is 213 g/mol. The van der Waals surface area contributed by atoms with Gasteiger partial charge in [0.15, 0.2) is 17.3 Å². The Morgan fingerprint density at radius 2 is 1.88 bits per heavy atom. The second kappa shape index (κ2) is 3.13. The largest absolute Gasteiger partial charge is 0.457 e. The number of aliphatic imine (C=N–C) groups is 1. The predicted molar refractivity (Wildman–Crippen MR) is 56.8 cm³/mol. The molecular formula is C12H7NO3. The minimum atomic E-state index is -0.247. The summed E-state index contributed by atoms with van der Waals surface area (Å²) in [5, 5.41) is 0. The SMILES string of the molecule is O=C1C=CC2=NC3C=CC(=O)C=C3OC2=C1. The molecule has 0 aromatic heterocycles. The van der Waals surface area contributed by atoms with Crippen molar-refractivity contribution >= 4 is 17.3 Å². The van der Waals surface area contributed by atoms with Gasteiger partial charge in [0.2, 0.25) is 0 Å². The van der Waals surface area contributed by atoms with Gasteiger partial charge in [-0.2, -0.15) is 0 Å². The van der Waals surface area contributed by atoms with Crippen molar-refractivity contribution in [1.82, 2.24) is 0 Å². The molecule has 0 N–H and O–H groups in total. The van der Waals surface area contributed by atoms with E-state index < -0.39 is 0 Å². The number of carbonyl (C=O) groups is 2. The highest BCUT2D eigenvalue weighted by molar-refractivity contribution is 6.19. The molecule has 4 heteroatoms. The normalized spacial score (nSPS) is 26.2. The van der Waals surface area contributed by atoms with Crippen LogP contribution in [0.4, 0.5) is 0 Å². The van der Waals surface area contributed by atoms with E-state index in [1.165, 1.54) is 24.3 Å². The van der Waals surface area contributed by atoms with Gasteiger partial charge in [0.1, 0.15) is 17.5 Å². The summed E-state index contributed by atoms with van der Waals surface area (Å²) >= 11 is 0. The van der Waals surface area contributed by atoms with Crippen molar-refractivity contribution in [1.29, 1.82) is 0 Å². The molecule has 0 fully saturated rings. The fraction of sp³-hybridized carbons (Fsp3) is 0.0833. The number of nitrogens with zero attached hydrogens (tertiary/aromatic N) is 1. The number of carbonyl (C=O) groups excluding carboxylic acids is 2. The lowest BCUT2D eigenvalue weighted by molar-refractivity contribution is -0.111. The standard InChI is InChI=1S/C12H7NO3/c14-7-1-3-9-11(5-7)16-12-6-8(15)2-4-10(12)13-9/h1-6,9H. The zero-order valence-corrected chi connectivity index (χ0v) is 8.21. The maximum atomic E-state index is 11.2. The van der Waals surface area contributed by atoms with Gasteiger partial charge in [-0.1, -0.05) is 0 Å². The molecule has 0 radical (unpaired) electrons. The second-order valence-corrected chi connectivity index (χ2v) is 3.61. The Labute approximate surface area is 91.3 Å². The third kappa shape index (κ3) is 1.35. The van der Waals surface area contributed by atoms with Crippen LogP contribution in [0.15, 0.2) is 53.0 Å². The van der Waals surface area contributed by atoms with Crippen LogP contribution in [0, 0.1) is 0 Å². The van der Waals surface area contributed by atoms with E-state index in [0.29, 0.717) is 17.2 Å². The third-order valence-electron chi connectivity index (χ3n) is 2.46. The Balaban J connectivity index is 2.06. The Morgan fingerprint density at radius 1 is 1.06 bits per heavy atom. The smallest absolute Gasteiger partial charge is 0.182 e. The number of ketones is 2. The molecule has 1 atom stereocenters. The van der Waals surface area contributed by atoms with Crippen molar-refractivity contribution in [3.05, 3.63) is 48.0 Å². The van der Waals surface area contributed by atoms with Crippen LogP contribution in [0.2, 0.25) is 0 Å². The zero-order chi connectivity index (χ0) is 11.1. The predicted octanol–water partition coefficient (Wildman–Crippen LogP) is 0.872. The van der Waals surface area contributed by atoms with Gasteiger partial charge in [0.05, 0.1) is 0 Å². The van der Waals surface area contributed by atoms with Crippen LogP contribution in [0.3, 0.4) is 0 Å². The summed E-state index contributed by atoms with van der Waals surface area (Å²) in [5.41, 5.74) is 0.640. The number of rotatable bonds is 0. The van der Waals surface area contributed by atoms with Crippen LogP contribution >= 0.6 is 0 Å². The molecule has 0 spiro atoms. The minimum absolute atomic E-state index is 0.122. The first-order valence-electron chi connectivity index (χ1n) is 4.86.